The first-order chi connectivity index (χ1) is 9.86. The average molecular weight is 289 g/mol. The molecule has 21 heavy (non-hydrogen) atoms. The highest BCUT2D eigenvalue weighted by Crippen LogP contribution is 2.38. The molecule has 1 amide bonds. The lowest BCUT2D eigenvalue weighted by Gasteiger charge is -2.40. The van der Waals surface area contributed by atoms with E-state index in [0.29, 0.717) is 19.4 Å². The largest absolute Gasteiger partial charge is 0.481 e. The second-order valence-electron chi connectivity index (χ2n) is 5.90. The first-order valence-corrected chi connectivity index (χ1v) is 7.46. The predicted octanol–water partition coefficient (Wildman–Crippen LogP) is 3.00. The molecule has 0 bridgehead atoms. The molecule has 2 atom stereocenters. The molecule has 2 rings (SSSR count). The van der Waals surface area contributed by atoms with Crippen molar-refractivity contribution >= 4 is 11.9 Å². The van der Waals surface area contributed by atoms with E-state index in [9.17, 15) is 14.7 Å². The Balaban J connectivity index is 2.55. The Morgan fingerprint density at radius 1 is 1.24 bits per heavy atom. The maximum absolute atomic E-state index is 12.2. The van der Waals surface area contributed by atoms with Crippen molar-refractivity contribution in [3.63, 3.8) is 0 Å². The molecule has 1 saturated heterocycles. The zero-order chi connectivity index (χ0) is 15.7. The third kappa shape index (κ3) is 2.80. The zero-order valence-electron chi connectivity index (χ0n) is 13.1. The van der Waals surface area contributed by atoms with E-state index < -0.39 is 11.9 Å². The molecule has 1 heterocycles. The number of carbonyl (C=O) groups is 2. The van der Waals surface area contributed by atoms with E-state index >= 15 is 0 Å². The van der Waals surface area contributed by atoms with E-state index in [1.165, 1.54) is 5.56 Å². The number of hydrogen-bond donors (Lipinski definition) is 1. The summed E-state index contributed by atoms with van der Waals surface area (Å²) in [5, 5.41) is 9.55. The number of aliphatic carboxylic acids is 1. The summed E-state index contributed by atoms with van der Waals surface area (Å²) in [6, 6.07) is 3.77. The van der Waals surface area contributed by atoms with Crippen molar-refractivity contribution in [3.8, 4) is 0 Å². The fraction of sp³-hybridized carbons (Fsp3) is 0.529. The number of hydrogen-bond acceptors (Lipinski definition) is 2. The second-order valence-corrected chi connectivity index (χ2v) is 5.90. The topological polar surface area (TPSA) is 57.6 Å². The number of rotatable bonds is 3. The quantitative estimate of drug-likeness (QED) is 0.930. The van der Waals surface area contributed by atoms with E-state index in [-0.39, 0.29) is 11.9 Å². The van der Waals surface area contributed by atoms with Gasteiger partial charge in [0.1, 0.15) is 0 Å². The van der Waals surface area contributed by atoms with Crippen molar-refractivity contribution in [2.75, 3.05) is 6.54 Å². The van der Waals surface area contributed by atoms with Crippen LogP contribution in [-0.2, 0) is 9.59 Å². The Labute approximate surface area is 125 Å². The monoisotopic (exact) mass is 289 g/mol. The fourth-order valence-corrected chi connectivity index (χ4v) is 3.27. The van der Waals surface area contributed by atoms with E-state index in [2.05, 4.69) is 6.07 Å². The van der Waals surface area contributed by atoms with Crippen LogP contribution in [0, 0.1) is 26.7 Å². The van der Waals surface area contributed by atoms with Crippen molar-refractivity contribution < 1.29 is 14.7 Å². The van der Waals surface area contributed by atoms with Crippen LogP contribution in [0.25, 0.3) is 0 Å². The standard InChI is InChI=1S/C17H23NO3/c1-5-18-15(19)7-6-13(17(20)21)16(18)14-9-11(3)10(2)8-12(14)4/h8-9,13,16H,5-7H2,1-4H3,(H,20,21). The third-order valence-corrected chi connectivity index (χ3v) is 4.57. The molecule has 1 aromatic carbocycles. The van der Waals surface area contributed by atoms with Gasteiger partial charge in [0.25, 0.3) is 0 Å². The highest BCUT2D eigenvalue weighted by molar-refractivity contribution is 5.82. The Morgan fingerprint density at radius 2 is 1.86 bits per heavy atom. The molecular weight excluding hydrogens is 266 g/mol. The molecule has 1 aromatic rings. The van der Waals surface area contributed by atoms with Crippen LogP contribution in [0.3, 0.4) is 0 Å². The summed E-state index contributed by atoms with van der Waals surface area (Å²) in [6.07, 6.45) is 0.743. The fourth-order valence-electron chi connectivity index (χ4n) is 3.27. The summed E-state index contributed by atoms with van der Waals surface area (Å²) in [6.45, 7) is 8.51. The van der Waals surface area contributed by atoms with Crippen molar-refractivity contribution in [3.05, 3.63) is 34.4 Å². The van der Waals surface area contributed by atoms with E-state index in [1.54, 1.807) is 4.90 Å². The van der Waals surface area contributed by atoms with Gasteiger partial charge in [-0.15, -0.1) is 0 Å². The third-order valence-electron chi connectivity index (χ3n) is 4.57. The van der Waals surface area contributed by atoms with Crippen molar-refractivity contribution in [1.82, 2.24) is 4.90 Å². The number of nitrogens with zero attached hydrogens (tertiary/aromatic N) is 1. The molecule has 1 N–H and O–H groups in total. The molecular formula is C17H23NO3. The van der Waals surface area contributed by atoms with Gasteiger partial charge in [-0.05, 0) is 56.4 Å². The lowest BCUT2D eigenvalue weighted by Crippen LogP contribution is -2.45. The summed E-state index contributed by atoms with van der Waals surface area (Å²) >= 11 is 0. The Kier molecular flexibility index (Phi) is 4.35. The van der Waals surface area contributed by atoms with Crippen molar-refractivity contribution in [1.29, 1.82) is 0 Å². The smallest absolute Gasteiger partial charge is 0.308 e. The van der Waals surface area contributed by atoms with Crippen LogP contribution in [-0.4, -0.2) is 28.4 Å². The molecule has 0 radical (unpaired) electrons. The molecule has 2 unspecified atom stereocenters. The SMILES string of the molecule is CCN1C(=O)CCC(C(=O)O)C1c1cc(C)c(C)cc1C. The van der Waals surface area contributed by atoms with Crippen LogP contribution in [0.5, 0.6) is 0 Å². The van der Waals surface area contributed by atoms with Gasteiger partial charge in [0.2, 0.25) is 5.91 Å². The predicted molar refractivity (Wildman–Crippen MR) is 81.1 cm³/mol. The highest BCUT2D eigenvalue weighted by atomic mass is 16.4. The summed E-state index contributed by atoms with van der Waals surface area (Å²) in [5.74, 6) is -1.29. The number of aryl methyl sites for hydroxylation is 3. The van der Waals surface area contributed by atoms with Gasteiger partial charge in [0.15, 0.2) is 0 Å². The van der Waals surface area contributed by atoms with Crippen molar-refractivity contribution in [2.24, 2.45) is 5.92 Å². The molecule has 114 valence electrons. The normalized spacial score (nSPS) is 22.5. The van der Waals surface area contributed by atoms with Gasteiger partial charge in [-0.25, -0.2) is 0 Å². The van der Waals surface area contributed by atoms with Crippen LogP contribution < -0.4 is 0 Å². The van der Waals surface area contributed by atoms with Gasteiger partial charge in [0, 0.05) is 13.0 Å². The summed E-state index contributed by atoms with van der Waals surface area (Å²) in [7, 11) is 0. The maximum atomic E-state index is 12.2. The first-order valence-electron chi connectivity index (χ1n) is 7.46. The van der Waals surface area contributed by atoms with Gasteiger partial charge in [-0.3, -0.25) is 9.59 Å². The van der Waals surface area contributed by atoms with Gasteiger partial charge in [-0.2, -0.15) is 0 Å². The zero-order valence-corrected chi connectivity index (χ0v) is 13.1. The van der Waals surface area contributed by atoms with Crippen LogP contribution in [0.15, 0.2) is 12.1 Å². The van der Waals surface area contributed by atoms with Crippen LogP contribution in [0.2, 0.25) is 0 Å². The number of carbonyl (C=O) groups excluding carboxylic acids is 1. The second kappa shape index (κ2) is 5.88. The lowest BCUT2D eigenvalue weighted by atomic mass is 9.81. The number of carboxylic acid groups (broad SMARTS) is 1. The summed E-state index contributed by atoms with van der Waals surface area (Å²) in [5.41, 5.74) is 4.35. The molecule has 4 heteroatoms. The van der Waals surface area contributed by atoms with Crippen LogP contribution in [0.4, 0.5) is 0 Å². The van der Waals surface area contributed by atoms with Gasteiger partial charge in [0.05, 0.1) is 12.0 Å². The Bertz CT molecular complexity index is 578. The van der Waals surface area contributed by atoms with E-state index in [1.807, 2.05) is 33.8 Å². The van der Waals surface area contributed by atoms with Gasteiger partial charge in [-0.1, -0.05) is 12.1 Å². The number of amides is 1. The molecule has 4 nitrogen and oxygen atoms in total. The average Bonchev–Trinajstić information content (AvgIpc) is 2.42. The highest BCUT2D eigenvalue weighted by Gasteiger charge is 2.40. The van der Waals surface area contributed by atoms with Gasteiger partial charge >= 0.3 is 5.97 Å². The summed E-state index contributed by atoms with van der Waals surface area (Å²) in [4.78, 5) is 25.5. The molecule has 0 aromatic heterocycles. The van der Waals surface area contributed by atoms with E-state index in [0.717, 1.165) is 16.7 Å². The molecule has 1 aliphatic heterocycles. The number of piperidine rings is 1. The summed E-state index contributed by atoms with van der Waals surface area (Å²) < 4.78 is 0. The minimum Gasteiger partial charge on any atom is -0.481 e. The Morgan fingerprint density at radius 3 is 2.43 bits per heavy atom. The lowest BCUT2D eigenvalue weighted by molar-refractivity contribution is -0.151. The molecule has 0 saturated carbocycles. The molecule has 1 aliphatic rings. The maximum Gasteiger partial charge on any atom is 0.308 e. The number of benzene rings is 1. The number of likely N-dealkylation sites (tertiary alicyclic amines) is 1. The first kappa shape index (κ1) is 15.5. The van der Waals surface area contributed by atoms with Gasteiger partial charge < -0.3 is 10.0 Å². The molecule has 1 fully saturated rings. The van der Waals surface area contributed by atoms with Crippen LogP contribution >= 0.6 is 0 Å². The Hall–Kier alpha value is -1.84. The number of carboxylic acids is 1. The van der Waals surface area contributed by atoms with Crippen LogP contribution in [0.1, 0.15) is 48.1 Å². The molecule has 0 spiro atoms. The minimum atomic E-state index is -0.816. The van der Waals surface area contributed by atoms with Crippen molar-refractivity contribution in [2.45, 2.75) is 46.6 Å². The minimum absolute atomic E-state index is 0.0534. The van der Waals surface area contributed by atoms with E-state index in [4.69, 9.17) is 0 Å². The molecule has 0 aliphatic carbocycles.